The number of hydrogen-bond donors (Lipinski definition) is 1. The number of rotatable bonds is 9. The Kier molecular flexibility index (Phi) is 6.82. The second-order valence-corrected chi connectivity index (χ2v) is 10.3. The minimum absolute atomic E-state index is 0.0477. The van der Waals surface area contributed by atoms with Gasteiger partial charge >= 0.3 is 5.97 Å². The van der Waals surface area contributed by atoms with Crippen LogP contribution in [0.25, 0.3) is 21.8 Å². The standard InChI is InChI=1S/C33H32N2O3/c36-32(37)20-25-12-6-13-28-29-21-27(38-22-26-16-15-24-11-4-5-14-30(24)34-26)17-18-31(29)35(33(25)28)19-7-10-23-8-2-1-3-9-23/h1-5,8-9,11,14-18,21,25H,6-7,10,12-13,19-20,22H2,(H,36,37). The lowest BCUT2D eigenvalue weighted by Gasteiger charge is -2.24. The van der Waals surface area contributed by atoms with E-state index < -0.39 is 5.97 Å². The average Bonchev–Trinajstić information content (AvgIpc) is 3.26. The number of carboxylic acids is 1. The van der Waals surface area contributed by atoms with Gasteiger partial charge in [0.2, 0.25) is 0 Å². The fraction of sp³-hybridized carbons (Fsp3) is 0.273. The molecule has 2 heterocycles. The summed E-state index contributed by atoms with van der Waals surface area (Å²) in [5, 5.41) is 11.9. The molecule has 1 unspecified atom stereocenters. The maximum atomic E-state index is 11.7. The third-order valence-electron chi connectivity index (χ3n) is 7.70. The van der Waals surface area contributed by atoms with Gasteiger partial charge < -0.3 is 14.4 Å². The van der Waals surface area contributed by atoms with Crippen LogP contribution in [0.15, 0.2) is 84.9 Å². The number of aromatic nitrogens is 2. The fourth-order valence-electron chi connectivity index (χ4n) is 5.99. The average molecular weight is 505 g/mol. The molecule has 2 aromatic heterocycles. The van der Waals surface area contributed by atoms with Crippen LogP contribution in [0, 0.1) is 0 Å². The topological polar surface area (TPSA) is 64.3 Å². The SMILES string of the molecule is O=C(O)CC1CCCc2c1n(CCCc1ccccc1)c1ccc(OCc3ccc4ccccc4n3)cc21. The van der Waals surface area contributed by atoms with Gasteiger partial charge in [-0.05, 0) is 73.6 Å². The molecule has 0 spiro atoms. The van der Waals surface area contributed by atoms with Crippen molar-refractivity contribution in [2.24, 2.45) is 0 Å². The lowest BCUT2D eigenvalue weighted by molar-refractivity contribution is -0.137. The van der Waals surface area contributed by atoms with Crippen molar-refractivity contribution in [1.82, 2.24) is 9.55 Å². The predicted octanol–water partition coefficient (Wildman–Crippen LogP) is 7.30. The monoisotopic (exact) mass is 504 g/mol. The number of aryl methyl sites for hydroxylation is 3. The largest absolute Gasteiger partial charge is 0.487 e. The number of para-hydroxylation sites is 1. The summed E-state index contributed by atoms with van der Waals surface area (Å²) in [6.07, 6.45) is 5.10. The van der Waals surface area contributed by atoms with Crippen molar-refractivity contribution in [2.75, 3.05) is 0 Å². The van der Waals surface area contributed by atoms with E-state index in [0.29, 0.717) is 6.61 Å². The molecule has 6 rings (SSSR count). The molecule has 38 heavy (non-hydrogen) atoms. The van der Waals surface area contributed by atoms with E-state index in [4.69, 9.17) is 9.72 Å². The van der Waals surface area contributed by atoms with Crippen molar-refractivity contribution in [3.05, 3.63) is 107 Å². The first-order valence-corrected chi connectivity index (χ1v) is 13.5. The summed E-state index contributed by atoms with van der Waals surface area (Å²) in [5.74, 6) is 0.138. The Labute approximate surface area is 222 Å². The summed E-state index contributed by atoms with van der Waals surface area (Å²) >= 11 is 0. The molecule has 3 aromatic carbocycles. The summed E-state index contributed by atoms with van der Waals surface area (Å²) in [5.41, 5.74) is 6.89. The van der Waals surface area contributed by atoms with E-state index in [2.05, 4.69) is 53.1 Å². The third-order valence-corrected chi connectivity index (χ3v) is 7.70. The number of pyridine rings is 1. The van der Waals surface area contributed by atoms with Crippen LogP contribution in [-0.4, -0.2) is 20.6 Å². The maximum absolute atomic E-state index is 11.7. The van der Waals surface area contributed by atoms with Crippen LogP contribution in [0.5, 0.6) is 5.75 Å². The molecule has 0 amide bonds. The van der Waals surface area contributed by atoms with Gasteiger partial charge in [0, 0.05) is 34.4 Å². The zero-order chi connectivity index (χ0) is 25.9. The molecule has 0 saturated carbocycles. The van der Waals surface area contributed by atoms with E-state index >= 15 is 0 Å². The number of benzene rings is 3. The zero-order valence-electron chi connectivity index (χ0n) is 21.5. The molecule has 5 heteroatoms. The summed E-state index contributed by atoms with van der Waals surface area (Å²) < 4.78 is 8.61. The van der Waals surface area contributed by atoms with Gasteiger partial charge in [-0.15, -0.1) is 0 Å². The fourth-order valence-corrected chi connectivity index (χ4v) is 5.99. The van der Waals surface area contributed by atoms with Crippen molar-refractivity contribution in [2.45, 2.75) is 57.6 Å². The second kappa shape index (κ2) is 10.7. The number of carbonyl (C=O) groups is 1. The minimum Gasteiger partial charge on any atom is -0.487 e. The maximum Gasteiger partial charge on any atom is 0.304 e. The van der Waals surface area contributed by atoms with Gasteiger partial charge in [0.25, 0.3) is 0 Å². The Morgan fingerprint density at radius 2 is 1.84 bits per heavy atom. The molecular weight excluding hydrogens is 472 g/mol. The van der Waals surface area contributed by atoms with Crippen molar-refractivity contribution in [3.63, 3.8) is 0 Å². The normalized spacial score (nSPS) is 15.0. The van der Waals surface area contributed by atoms with Gasteiger partial charge in [0.15, 0.2) is 0 Å². The van der Waals surface area contributed by atoms with Gasteiger partial charge in [-0.25, -0.2) is 4.98 Å². The van der Waals surface area contributed by atoms with Gasteiger partial charge in [-0.1, -0.05) is 54.6 Å². The van der Waals surface area contributed by atoms with E-state index in [9.17, 15) is 9.90 Å². The van der Waals surface area contributed by atoms with E-state index in [1.54, 1.807) is 0 Å². The quantitative estimate of drug-likeness (QED) is 0.229. The molecule has 0 aliphatic heterocycles. The molecule has 5 aromatic rings. The molecule has 192 valence electrons. The summed E-state index contributed by atoms with van der Waals surface area (Å²) in [6, 6.07) is 29.1. The van der Waals surface area contributed by atoms with Crippen LogP contribution in [0.3, 0.4) is 0 Å². The molecule has 1 aliphatic rings. The van der Waals surface area contributed by atoms with Crippen LogP contribution < -0.4 is 4.74 Å². The lowest BCUT2D eigenvalue weighted by Crippen LogP contribution is -2.17. The molecular formula is C33H32N2O3. The number of carboxylic acid groups (broad SMARTS) is 1. The number of nitrogens with zero attached hydrogens (tertiary/aromatic N) is 2. The van der Waals surface area contributed by atoms with Crippen LogP contribution >= 0.6 is 0 Å². The highest BCUT2D eigenvalue weighted by Crippen LogP contribution is 2.41. The highest BCUT2D eigenvalue weighted by Gasteiger charge is 2.29. The smallest absolute Gasteiger partial charge is 0.304 e. The molecule has 0 saturated heterocycles. The first-order chi connectivity index (χ1) is 18.7. The minimum atomic E-state index is -0.726. The molecule has 0 radical (unpaired) electrons. The number of fused-ring (bicyclic) bond motifs is 4. The van der Waals surface area contributed by atoms with E-state index in [-0.39, 0.29) is 12.3 Å². The van der Waals surface area contributed by atoms with Gasteiger partial charge in [0.05, 0.1) is 17.6 Å². The highest BCUT2D eigenvalue weighted by molar-refractivity contribution is 5.88. The zero-order valence-corrected chi connectivity index (χ0v) is 21.5. The summed E-state index contributed by atoms with van der Waals surface area (Å²) in [7, 11) is 0. The molecule has 1 aliphatic carbocycles. The molecule has 0 fully saturated rings. The summed E-state index contributed by atoms with van der Waals surface area (Å²) in [6.45, 7) is 1.27. The number of aliphatic carboxylic acids is 1. The van der Waals surface area contributed by atoms with Gasteiger partial charge in [-0.3, -0.25) is 4.79 Å². The van der Waals surface area contributed by atoms with Crippen molar-refractivity contribution in [1.29, 1.82) is 0 Å². The Morgan fingerprint density at radius 3 is 2.71 bits per heavy atom. The van der Waals surface area contributed by atoms with Gasteiger partial charge in [-0.2, -0.15) is 0 Å². The second-order valence-electron chi connectivity index (χ2n) is 10.3. The van der Waals surface area contributed by atoms with Crippen LogP contribution in [-0.2, 0) is 30.8 Å². The van der Waals surface area contributed by atoms with Gasteiger partial charge in [0.1, 0.15) is 12.4 Å². The highest BCUT2D eigenvalue weighted by atomic mass is 16.5. The Morgan fingerprint density at radius 1 is 1.00 bits per heavy atom. The Balaban J connectivity index is 1.29. The van der Waals surface area contributed by atoms with E-state index in [1.165, 1.54) is 27.7 Å². The molecule has 1 N–H and O–H groups in total. The Bertz CT molecular complexity index is 1590. The van der Waals surface area contributed by atoms with Crippen LogP contribution in [0.1, 0.15) is 54.1 Å². The number of hydrogen-bond acceptors (Lipinski definition) is 3. The first kappa shape index (κ1) is 24.2. The molecule has 5 nitrogen and oxygen atoms in total. The van der Waals surface area contributed by atoms with Crippen LogP contribution in [0.2, 0.25) is 0 Å². The van der Waals surface area contributed by atoms with E-state index in [0.717, 1.165) is 61.0 Å². The van der Waals surface area contributed by atoms with Crippen molar-refractivity contribution >= 4 is 27.8 Å². The van der Waals surface area contributed by atoms with Crippen molar-refractivity contribution < 1.29 is 14.6 Å². The number of ether oxygens (including phenoxy) is 1. The third kappa shape index (κ3) is 5.01. The van der Waals surface area contributed by atoms with E-state index in [1.807, 2.05) is 36.4 Å². The van der Waals surface area contributed by atoms with Crippen LogP contribution in [0.4, 0.5) is 0 Å². The molecule has 0 bridgehead atoms. The summed E-state index contributed by atoms with van der Waals surface area (Å²) in [4.78, 5) is 16.5. The molecule has 1 atom stereocenters. The van der Waals surface area contributed by atoms with Crippen molar-refractivity contribution in [3.8, 4) is 5.75 Å². The predicted molar refractivity (Wildman–Crippen MR) is 151 cm³/mol. The lowest BCUT2D eigenvalue weighted by atomic mass is 9.84. The first-order valence-electron chi connectivity index (χ1n) is 13.5. The Hall–Kier alpha value is -4.12.